The Morgan fingerprint density at radius 3 is 2.03 bits per heavy atom. The van der Waals surface area contributed by atoms with Gasteiger partial charge < -0.3 is 10.0 Å². The molecule has 6 nitrogen and oxygen atoms in total. The number of halogens is 3. The number of rotatable bonds is 2. The van der Waals surface area contributed by atoms with E-state index in [2.05, 4.69) is 0 Å². The van der Waals surface area contributed by atoms with Gasteiger partial charge in [0.2, 0.25) is 5.43 Å². The summed E-state index contributed by atoms with van der Waals surface area (Å²) in [6, 6.07) is 10.5. The average molecular weight is 498 g/mol. The molecule has 1 aliphatic heterocycles. The lowest BCUT2D eigenvalue weighted by atomic mass is 9.91. The van der Waals surface area contributed by atoms with Gasteiger partial charge in [-0.1, -0.05) is 47.5 Å². The second-order valence-electron chi connectivity index (χ2n) is 9.60. The molecule has 0 spiro atoms. The summed E-state index contributed by atoms with van der Waals surface area (Å²) in [6.07, 6.45) is -1.85. The van der Waals surface area contributed by atoms with Crippen LogP contribution in [0, 0.1) is 13.8 Å². The lowest BCUT2D eigenvalue weighted by molar-refractivity contribution is -0.173. The minimum atomic E-state index is -4.69. The maximum atomic E-state index is 13.8. The first kappa shape index (κ1) is 24.0. The Morgan fingerprint density at radius 1 is 0.944 bits per heavy atom. The summed E-state index contributed by atoms with van der Waals surface area (Å²) < 4.78 is 42.9. The fourth-order valence-electron chi connectivity index (χ4n) is 5.19. The van der Waals surface area contributed by atoms with Crippen molar-refractivity contribution < 1.29 is 23.1 Å². The summed E-state index contributed by atoms with van der Waals surface area (Å²) in [4.78, 5) is 26.2. The highest BCUT2D eigenvalue weighted by molar-refractivity contribution is 5.96. The van der Waals surface area contributed by atoms with Gasteiger partial charge in [0.15, 0.2) is 11.4 Å². The Balaban J connectivity index is 1.80. The van der Waals surface area contributed by atoms with E-state index < -0.39 is 41.0 Å². The Morgan fingerprint density at radius 2 is 1.50 bits per heavy atom. The highest BCUT2D eigenvalue weighted by Gasteiger charge is 2.47. The number of fused-ring (bicyclic) bond motifs is 3. The van der Waals surface area contributed by atoms with Gasteiger partial charge in [-0.25, -0.2) is 0 Å². The van der Waals surface area contributed by atoms with Crippen molar-refractivity contribution in [3.63, 3.8) is 0 Å². The van der Waals surface area contributed by atoms with Gasteiger partial charge in [0.25, 0.3) is 5.91 Å². The molecule has 1 aliphatic carbocycles. The highest BCUT2D eigenvalue weighted by atomic mass is 19.4. The van der Waals surface area contributed by atoms with Crippen LogP contribution in [0.25, 0.3) is 0 Å². The third-order valence-electron chi connectivity index (χ3n) is 7.19. The molecule has 0 radical (unpaired) electrons. The van der Waals surface area contributed by atoms with Crippen LogP contribution in [-0.4, -0.2) is 39.5 Å². The molecule has 1 aromatic heterocycles. The molecule has 0 saturated heterocycles. The van der Waals surface area contributed by atoms with Crippen molar-refractivity contribution in [2.75, 3.05) is 11.7 Å². The molecule has 9 heteroatoms. The van der Waals surface area contributed by atoms with Gasteiger partial charge in [0, 0.05) is 12.3 Å². The predicted molar refractivity (Wildman–Crippen MR) is 129 cm³/mol. The molecule has 1 N–H and O–H groups in total. The van der Waals surface area contributed by atoms with E-state index in [0.29, 0.717) is 4.90 Å². The van der Waals surface area contributed by atoms with Crippen LogP contribution in [0.3, 0.4) is 0 Å². The number of nitrogens with zero attached hydrogens (tertiary/aromatic N) is 3. The van der Waals surface area contributed by atoms with Crippen LogP contribution in [0.15, 0.2) is 53.5 Å². The van der Waals surface area contributed by atoms with E-state index in [0.717, 1.165) is 59.2 Å². The van der Waals surface area contributed by atoms with Crippen molar-refractivity contribution in [3.05, 3.63) is 98.0 Å². The number of amides is 1. The maximum Gasteiger partial charge on any atom is 0.408 e. The molecule has 188 valence electrons. The Hall–Kier alpha value is -3.75. The van der Waals surface area contributed by atoms with Gasteiger partial charge in [-0.2, -0.15) is 13.2 Å². The van der Waals surface area contributed by atoms with Gasteiger partial charge in [-0.3, -0.25) is 19.3 Å². The number of hydrogen-bond acceptors (Lipinski definition) is 4. The molecule has 36 heavy (non-hydrogen) atoms. The van der Waals surface area contributed by atoms with Gasteiger partial charge >= 0.3 is 6.18 Å². The number of aromatic nitrogens is 1. The van der Waals surface area contributed by atoms with E-state index in [-0.39, 0.29) is 6.67 Å². The first-order valence-corrected chi connectivity index (χ1v) is 11.8. The Kier molecular flexibility index (Phi) is 5.61. The van der Waals surface area contributed by atoms with Crippen LogP contribution in [-0.2, 0) is 12.8 Å². The predicted octanol–water partition coefficient (Wildman–Crippen LogP) is 4.36. The number of carbonyl (C=O) groups is 1. The van der Waals surface area contributed by atoms with E-state index in [4.69, 9.17) is 0 Å². The summed E-state index contributed by atoms with van der Waals surface area (Å²) in [5.74, 6) is -1.91. The van der Waals surface area contributed by atoms with E-state index in [1.165, 1.54) is 10.9 Å². The number of carbonyl (C=O) groups excluding carboxylic acids is 1. The average Bonchev–Trinajstić information content (AvgIpc) is 2.96. The Bertz CT molecular complexity index is 1380. The first-order valence-electron chi connectivity index (χ1n) is 11.8. The zero-order valence-electron chi connectivity index (χ0n) is 20.1. The second-order valence-corrected chi connectivity index (χ2v) is 9.60. The third kappa shape index (κ3) is 3.83. The summed E-state index contributed by atoms with van der Waals surface area (Å²) in [5.41, 5.74) is 4.62. The molecule has 5 rings (SSSR count). The van der Waals surface area contributed by atoms with Crippen LogP contribution in [0.2, 0.25) is 0 Å². The Labute approximate surface area is 206 Å². The van der Waals surface area contributed by atoms with Crippen LogP contribution in [0.5, 0.6) is 5.75 Å². The number of benzene rings is 2. The molecule has 0 unspecified atom stereocenters. The standard InChI is InChI=1S/C27H26F3N3O3/c1-15-4-6-18-8-9-19-7-5-16(2)13-21(19)23(20(18)12-15)33-14-31(17(3)27(28,29)30)26(36)24-25(35)22(34)10-11-32(24)33/h4-7,10-13,17,23,35H,8-9,14H2,1-3H3/t17-/m1/s1. The fourth-order valence-corrected chi connectivity index (χ4v) is 5.19. The van der Waals surface area contributed by atoms with Crippen LogP contribution < -0.4 is 10.4 Å². The molecular weight excluding hydrogens is 471 g/mol. The number of aromatic hydroxyl groups is 1. The molecular formula is C27H26F3N3O3. The first-order chi connectivity index (χ1) is 17.0. The lowest BCUT2D eigenvalue weighted by Crippen LogP contribution is -2.60. The molecule has 2 heterocycles. The van der Waals surface area contributed by atoms with Crippen molar-refractivity contribution in [3.8, 4) is 5.75 Å². The molecule has 2 aromatic carbocycles. The van der Waals surface area contributed by atoms with Gasteiger partial charge in [0.05, 0.1) is 6.04 Å². The molecule has 1 atom stereocenters. The van der Waals surface area contributed by atoms with E-state index in [9.17, 15) is 27.9 Å². The summed E-state index contributed by atoms with van der Waals surface area (Å²) >= 11 is 0. The van der Waals surface area contributed by atoms with E-state index >= 15 is 0 Å². The van der Waals surface area contributed by atoms with Gasteiger partial charge in [0.1, 0.15) is 12.7 Å². The minimum Gasteiger partial charge on any atom is -0.502 e. The quantitative estimate of drug-likeness (QED) is 0.572. The van der Waals surface area contributed by atoms with Gasteiger partial charge in [-0.05, 0) is 55.9 Å². The third-order valence-corrected chi connectivity index (χ3v) is 7.19. The molecule has 3 aromatic rings. The maximum absolute atomic E-state index is 13.8. The largest absolute Gasteiger partial charge is 0.502 e. The highest BCUT2D eigenvalue weighted by Crippen LogP contribution is 2.40. The van der Waals surface area contributed by atoms with Gasteiger partial charge in [-0.15, -0.1) is 0 Å². The second kappa shape index (κ2) is 8.43. The number of alkyl halides is 3. The number of pyridine rings is 1. The van der Waals surface area contributed by atoms with E-state index in [1.807, 2.05) is 50.2 Å². The van der Waals surface area contributed by atoms with Crippen LogP contribution >= 0.6 is 0 Å². The molecule has 1 amide bonds. The van der Waals surface area contributed by atoms with Crippen LogP contribution in [0.4, 0.5) is 13.2 Å². The van der Waals surface area contributed by atoms with Crippen molar-refractivity contribution in [1.82, 2.24) is 9.58 Å². The zero-order valence-corrected chi connectivity index (χ0v) is 20.1. The normalized spacial score (nSPS) is 16.8. The minimum absolute atomic E-state index is 0.389. The number of aryl methyl sites for hydroxylation is 4. The smallest absolute Gasteiger partial charge is 0.408 e. The zero-order chi connectivity index (χ0) is 25.9. The topological polar surface area (TPSA) is 65.8 Å². The van der Waals surface area contributed by atoms with Crippen molar-refractivity contribution in [2.45, 2.75) is 51.9 Å². The molecule has 2 aliphatic rings. The molecule has 0 bridgehead atoms. The monoisotopic (exact) mass is 497 g/mol. The SMILES string of the molecule is Cc1ccc2c(c1)C(N1CN([C@H](C)C(F)(F)F)C(=O)c3c(O)c(=O)ccn31)c1cc(C)ccc1CC2. The summed E-state index contributed by atoms with van der Waals surface area (Å²) in [6.45, 7) is 4.43. The van der Waals surface area contributed by atoms with Crippen molar-refractivity contribution >= 4 is 5.91 Å². The van der Waals surface area contributed by atoms with Crippen LogP contribution in [0.1, 0.15) is 56.8 Å². The van der Waals surface area contributed by atoms with E-state index in [1.54, 1.807) is 5.01 Å². The van der Waals surface area contributed by atoms with Crippen molar-refractivity contribution in [2.24, 2.45) is 0 Å². The molecule has 0 saturated carbocycles. The van der Waals surface area contributed by atoms with Crippen molar-refractivity contribution in [1.29, 1.82) is 0 Å². The summed E-state index contributed by atoms with van der Waals surface area (Å²) in [5, 5.41) is 12.2. The molecule has 0 fully saturated rings. The fraction of sp³-hybridized carbons (Fsp3) is 0.333. The number of hydrogen-bond donors (Lipinski definition) is 1. The summed E-state index contributed by atoms with van der Waals surface area (Å²) in [7, 11) is 0. The lowest BCUT2D eigenvalue weighted by Gasteiger charge is -2.46.